The summed E-state index contributed by atoms with van der Waals surface area (Å²) in [4.78, 5) is 46.1. The van der Waals surface area contributed by atoms with Gasteiger partial charge in [0, 0.05) is 11.1 Å². The Morgan fingerprint density at radius 3 is 0.853 bits per heavy atom. The van der Waals surface area contributed by atoms with E-state index in [0.717, 1.165) is 51.4 Å². The van der Waals surface area contributed by atoms with Crippen LogP contribution in [0.2, 0.25) is 0 Å². The van der Waals surface area contributed by atoms with E-state index in [-0.39, 0.29) is 46.2 Å². The molecule has 4 radical (unpaired) electrons. The van der Waals surface area contributed by atoms with E-state index >= 15 is 0 Å². The molecule has 0 spiro atoms. The maximum absolute atomic E-state index is 12.0. The van der Waals surface area contributed by atoms with Gasteiger partial charge < -0.3 is 29.3 Å². The van der Waals surface area contributed by atoms with E-state index in [1.807, 2.05) is 0 Å². The largest absolute Gasteiger partial charge is 2.00 e. The predicted octanol–water partition coefficient (Wildman–Crippen LogP) is 17.7. The van der Waals surface area contributed by atoms with E-state index in [1.165, 1.54) is 217 Å². The first-order valence-corrected chi connectivity index (χ1v) is 30.0. The SMILES string of the molecule is CCCCCC/C=C/CCCCCCCCCOC(=O)c1ccccc1C(=O)[O-].CCCCCC/C=C/CCCCCCCCCOC(=O)c1ccccc1C(=O)[O-].[CH2]CCCCCCC.[CH2]CCCCCCC.[Sn+2]. The fraction of sp³-hybridized carbons (Fsp3) is 0.667. The second kappa shape index (κ2) is 61.5. The summed E-state index contributed by atoms with van der Waals surface area (Å²) in [6.07, 6.45) is 56.7. The van der Waals surface area contributed by atoms with Crippen LogP contribution in [0.3, 0.4) is 0 Å². The molecule has 0 unspecified atom stereocenters. The van der Waals surface area contributed by atoms with Gasteiger partial charge in [-0.05, 0) is 76.3 Å². The molecule has 75 heavy (non-hydrogen) atoms. The number of ether oxygens (including phenoxy) is 2. The van der Waals surface area contributed by atoms with Gasteiger partial charge in [-0.2, -0.15) is 0 Å². The average Bonchev–Trinajstić information content (AvgIpc) is 3.41. The Kier molecular flexibility index (Phi) is 62.1. The molecule has 2 aromatic carbocycles. The minimum atomic E-state index is -1.36. The van der Waals surface area contributed by atoms with E-state index in [0.29, 0.717) is 13.2 Å². The summed E-state index contributed by atoms with van der Waals surface area (Å²) in [6.45, 7) is 17.2. The maximum atomic E-state index is 12.0. The zero-order valence-electron chi connectivity index (χ0n) is 48.4. The van der Waals surface area contributed by atoms with Gasteiger partial charge in [0.1, 0.15) is 0 Å². The fourth-order valence-corrected chi connectivity index (χ4v) is 8.07. The number of carbonyl (C=O) groups is 4. The van der Waals surface area contributed by atoms with Crippen molar-refractivity contribution in [2.45, 2.75) is 272 Å². The third-order valence-corrected chi connectivity index (χ3v) is 12.7. The van der Waals surface area contributed by atoms with Crippen LogP contribution in [-0.4, -0.2) is 61.0 Å². The van der Waals surface area contributed by atoms with Gasteiger partial charge in [0.15, 0.2) is 0 Å². The van der Waals surface area contributed by atoms with Crippen LogP contribution in [0.5, 0.6) is 0 Å². The van der Waals surface area contributed by atoms with Crippen molar-refractivity contribution in [2.75, 3.05) is 13.2 Å². The maximum Gasteiger partial charge on any atom is 2.00 e. The van der Waals surface area contributed by atoms with Gasteiger partial charge in [-0.3, -0.25) is 0 Å². The van der Waals surface area contributed by atoms with Crippen molar-refractivity contribution in [3.8, 4) is 0 Å². The number of rotatable bonds is 44. The molecule has 9 heteroatoms. The summed E-state index contributed by atoms with van der Waals surface area (Å²) in [7, 11) is 0. The minimum Gasteiger partial charge on any atom is -0.545 e. The van der Waals surface area contributed by atoms with E-state index in [9.17, 15) is 29.4 Å². The standard InChI is InChI=1S/2C25H38O4.2C8H17.Sn/c2*1-2-3-4-5-6-7-8-9-10-11-12-13-14-15-18-21-29-25(28)23-20-17-16-19-22(23)24(26)27;2*1-3-5-7-8-6-4-2;/h2*7-8,16-17,19-20H,2-6,9-15,18,21H2,1H3,(H,26,27);2*1,3-8H2,2H3;/q;;;;+2/p-2/b2*8-7+;;;. The second-order valence-corrected chi connectivity index (χ2v) is 19.6. The van der Waals surface area contributed by atoms with E-state index in [1.54, 1.807) is 24.3 Å². The molecule has 0 amide bonds. The van der Waals surface area contributed by atoms with Crippen molar-refractivity contribution in [3.63, 3.8) is 0 Å². The van der Waals surface area contributed by atoms with Crippen LogP contribution in [0, 0.1) is 13.8 Å². The Morgan fingerprint density at radius 1 is 0.360 bits per heavy atom. The molecule has 8 nitrogen and oxygen atoms in total. The summed E-state index contributed by atoms with van der Waals surface area (Å²) in [5.41, 5.74) is -0.127. The number of carbonyl (C=O) groups excluding carboxylic acids is 4. The number of unbranched alkanes of at least 4 members (excludes halogenated alkanes) is 32. The second-order valence-electron chi connectivity index (χ2n) is 19.6. The van der Waals surface area contributed by atoms with E-state index in [2.05, 4.69) is 65.8 Å². The molecule has 0 heterocycles. The molecule has 0 aliphatic heterocycles. The molecule has 0 aromatic heterocycles. The van der Waals surface area contributed by atoms with Crippen LogP contribution in [0.4, 0.5) is 0 Å². The van der Waals surface area contributed by atoms with Crippen molar-refractivity contribution in [2.24, 2.45) is 0 Å². The Labute approximate surface area is 477 Å². The van der Waals surface area contributed by atoms with Gasteiger partial charge in [0.05, 0.1) is 36.3 Å². The zero-order valence-corrected chi connectivity index (χ0v) is 51.2. The van der Waals surface area contributed by atoms with Crippen LogP contribution in [0.25, 0.3) is 0 Å². The normalized spacial score (nSPS) is 10.6. The number of hydrogen-bond acceptors (Lipinski definition) is 8. The quantitative estimate of drug-likeness (QED) is 0.0277. The first-order chi connectivity index (χ1) is 36.2. The molecule has 2 rings (SSSR count). The molecule has 0 saturated carbocycles. The molecule has 0 bridgehead atoms. The van der Waals surface area contributed by atoms with Crippen LogP contribution in [0.1, 0.15) is 313 Å². The molecule has 2 aromatic rings. The summed E-state index contributed by atoms with van der Waals surface area (Å²) >= 11 is 0. The van der Waals surface area contributed by atoms with Crippen LogP contribution >= 0.6 is 0 Å². The number of hydrogen-bond donors (Lipinski definition) is 0. The number of carboxylic acid groups (broad SMARTS) is 2. The van der Waals surface area contributed by atoms with Crippen molar-refractivity contribution >= 4 is 47.8 Å². The first-order valence-electron chi connectivity index (χ1n) is 30.0. The summed E-state index contributed by atoms with van der Waals surface area (Å²) in [6, 6.07) is 12.0. The summed E-state index contributed by atoms with van der Waals surface area (Å²) in [5, 5.41) is 22.1. The number of allylic oxidation sites excluding steroid dienone is 4. The number of carboxylic acids is 2. The minimum absolute atomic E-state index is 0. The predicted molar refractivity (Wildman–Crippen MR) is 315 cm³/mol. The van der Waals surface area contributed by atoms with Crippen molar-refractivity contribution in [3.05, 3.63) is 109 Å². The molecular weight excluding hydrogens is 1040 g/mol. The van der Waals surface area contributed by atoms with Crippen molar-refractivity contribution in [1.29, 1.82) is 0 Å². The Balaban J connectivity index is -0.00000106. The van der Waals surface area contributed by atoms with Gasteiger partial charge in [0.2, 0.25) is 0 Å². The molecule has 0 aliphatic rings. The molecule has 0 saturated heterocycles. The fourth-order valence-electron chi connectivity index (χ4n) is 8.07. The number of aromatic carboxylic acids is 2. The number of esters is 2. The Bertz CT molecular complexity index is 1510. The van der Waals surface area contributed by atoms with E-state index in [4.69, 9.17) is 9.47 Å². The van der Waals surface area contributed by atoms with Crippen LogP contribution in [-0.2, 0) is 9.47 Å². The first kappa shape index (κ1) is 75.8. The van der Waals surface area contributed by atoms with Crippen LogP contribution in [0.15, 0.2) is 72.8 Å². The van der Waals surface area contributed by atoms with Gasteiger partial charge >= 0.3 is 35.8 Å². The van der Waals surface area contributed by atoms with Gasteiger partial charge in [-0.25, -0.2) is 9.59 Å². The topological polar surface area (TPSA) is 133 Å². The third-order valence-electron chi connectivity index (χ3n) is 12.7. The smallest absolute Gasteiger partial charge is 0.545 e. The zero-order chi connectivity index (χ0) is 54.8. The Morgan fingerprint density at radius 2 is 0.587 bits per heavy atom. The molecular formula is C66H108O8Sn. The average molecular weight is 1150 g/mol. The Hall–Kier alpha value is -3.40. The summed E-state index contributed by atoms with van der Waals surface area (Å²) < 4.78 is 10.4. The monoisotopic (exact) mass is 1150 g/mol. The van der Waals surface area contributed by atoms with Gasteiger partial charge in [-0.1, -0.05) is 282 Å². The molecule has 424 valence electrons. The number of benzene rings is 2. The molecule has 0 atom stereocenters. The molecule has 0 N–H and O–H groups in total. The van der Waals surface area contributed by atoms with Gasteiger partial charge in [-0.15, -0.1) is 0 Å². The van der Waals surface area contributed by atoms with Crippen molar-refractivity contribution in [1.82, 2.24) is 0 Å². The van der Waals surface area contributed by atoms with Gasteiger partial charge in [0.25, 0.3) is 0 Å². The van der Waals surface area contributed by atoms with Crippen molar-refractivity contribution < 1.29 is 38.9 Å². The molecule has 0 fully saturated rings. The van der Waals surface area contributed by atoms with E-state index < -0.39 is 23.9 Å². The van der Waals surface area contributed by atoms with Crippen LogP contribution < -0.4 is 10.2 Å². The summed E-state index contributed by atoms with van der Waals surface area (Å²) in [5.74, 6) is -3.91. The molecule has 0 aliphatic carbocycles. The third kappa shape index (κ3) is 51.1.